The van der Waals surface area contributed by atoms with Crippen LogP contribution in [-0.2, 0) is 14.4 Å². The molecule has 0 aromatic heterocycles. The number of hydrogen-bond acceptors (Lipinski definition) is 7. The monoisotopic (exact) mass is 452 g/mol. The lowest BCUT2D eigenvalue weighted by Crippen LogP contribution is -2.31. The molecule has 4 rings (SSSR count). The number of hydroxylamine groups is 4. The Bertz CT molecular complexity index is 954. The summed E-state index contributed by atoms with van der Waals surface area (Å²) in [6.07, 6.45) is 21.4. The van der Waals surface area contributed by atoms with Gasteiger partial charge in [-0.05, 0) is 85.5 Å². The summed E-state index contributed by atoms with van der Waals surface area (Å²) in [5.41, 5.74) is 5.76. The van der Waals surface area contributed by atoms with Gasteiger partial charge >= 0.3 is 0 Å². The van der Waals surface area contributed by atoms with E-state index in [0.29, 0.717) is 35.9 Å². The molecule has 0 saturated heterocycles. The van der Waals surface area contributed by atoms with Gasteiger partial charge in [-0.25, -0.2) is 5.23 Å². The highest BCUT2D eigenvalue weighted by atomic mass is 16.9. The van der Waals surface area contributed by atoms with Crippen LogP contribution in [0, 0.1) is 10.4 Å². The second kappa shape index (κ2) is 11.0. The first-order chi connectivity index (χ1) is 16.1. The van der Waals surface area contributed by atoms with Gasteiger partial charge in [0.25, 0.3) is 0 Å². The number of ether oxygens (including phenoxy) is 1. The zero-order chi connectivity index (χ0) is 23.2. The summed E-state index contributed by atoms with van der Waals surface area (Å²) in [7, 11) is 3.08. The highest BCUT2D eigenvalue weighted by Gasteiger charge is 2.21. The van der Waals surface area contributed by atoms with Crippen LogP contribution in [0.3, 0.4) is 0 Å². The zero-order valence-electron chi connectivity index (χ0n) is 19.4. The van der Waals surface area contributed by atoms with E-state index >= 15 is 0 Å². The van der Waals surface area contributed by atoms with Gasteiger partial charge in [0.1, 0.15) is 5.76 Å². The van der Waals surface area contributed by atoms with Crippen molar-refractivity contribution < 1.29 is 14.4 Å². The zero-order valence-corrected chi connectivity index (χ0v) is 19.4. The number of allylic oxidation sites excluding steroid dienone is 13. The van der Waals surface area contributed by atoms with Gasteiger partial charge in [-0.15, -0.1) is 0 Å². The predicted octanol–water partition coefficient (Wildman–Crippen LogP) is 6.02. The molecule has 7 nitrogen and oxygen atoms in total. The van der Waals surface area contributed by atoms with Crippen LogP contribution >= 0.6 is 0 Å². The van der Waals surface area contributed by atoms with Gasteiger partial charge in [0.15, 0.2) is 0 Å². The molecule has 0 aromatic rings. The van der Waals surface area contributed by atoms with E-state index in [2.05, 4.69) is 12.2 Å². The van der Waals surface area contributed by atoms with Crippen LogP contribution in [-0.4, -0.2) is 30.7 Å². The Kier molecular flexibility index (Phi) is 7.88. The van der Waals surface area contributed by atoms with Crippen molar-refractivity contribution in [1.29, 1.82) is 0 Å². The summed E-state index contributed by atoms with van der Waals surface area (Å²) in [5, 5.41) is 25.5. The summed E-state index contributed by atoms with van der Waals surface area (Å²) in [6.45, 7) is 0. The first-order valence-electron chi connectivity index (χ1n) is 11.7. The molecule has 178 valence electrons. The molecule has 0 spiro atoms. The summed E-state index contributed by atoms with van der Waals surface area (Å²) in [5.74, 6) is 1.72. The van der Waals surface area contributed by atoms with E-state index in [9.17, 15) is 10.4 Å². The van der Waals surface area contributed by atoms with Crippen LogP contribution in [0.1, 0.15) is 57.8 Å². The highest BCUT2D eigenvalue weighted by Crippen LogP contribution is 2.34. The molecule has 0 bridgehead atoms. The second-order valence-corrected chi connectivity index (χ2v) is 8.68. The maximum Gasteiger partial charge on any atom is 0.123 e. The van der Waals surface area contributed by atoms with Crippen molar-refractivity contribution in [2.24, 2.45) is 0 Å². The topological polar surface area (TPSA) is 80.3 Å². The van der Waals surface area contributed by atoms with Crippen LogP contribution in [0.2, 0.25) is 0 Å². The Labute approximate surface area is 195 Å². The van der Waals surface area contributed by atoms with Crippen molar-refractivity contribution >= 4 is 0 Å². The van der Waals surface area contributed by atoms with Gasteiger partial charge in [0.2, 0.25) is 0 Å². The third-order valence-corrected chi connectivity index (χ3v) is 6.73. The minimum Gasteiger partial charge on any atom is -0.752 e. The van der Waals surface area contributed by atoms with Gasteiger partial charge in [-0.1, -0.05) is 24.3 Å². The Balaban J connectivity index is 1.30. The molecule has 1 atom stereocenters. The molecule has 1 unspecified atom stereocenters. The van der Waals surface area contributed by atoms with Crippen LogP contribution < -0.4 is 0 Å². The minimum absolute atomic E-state index is 0.158. The van der Waals surface area contributed by atoms with E-state index in [4.69, 9.17) is 14.4 Å². The molecular weight excluding hydrogens is 420 g/mol. The van der Waals surface area contributed by atoms with E-state index in [1.54, 1.807) is 7.11 Å². The molecule has 4 aliphatic carbocycles. The molecule has 4 aliphatic rings. The Morgan fingerprint density at radius 2 is 1.36 bits per heavy atom. The van der Waals surface area contributed by atoms with E-state index in [1.165, 1.54) is 29.4 Å². The van der Waals surface area contributed by atoms with Crippen LogP contribution in [0.25, 0.3) is 0 Å². The minimum atomic E-state index is -0.158. The van der Waals surface area contributed by atoms with Crippen LogP contribution in [0.15, 0.2) is 82.0 Å². The quantitative estimate of drug-likeness (QED) is 0.417. The summed E-state index contributed by atoms with van der Waals surface area (Å²) >= 11 is 0. The lowest BCUT2D eigenvalue weighted by atomic mass is 9.87. The maximum atomic E-state index is 12.6. The molecule has 7 heteroatoms. The summed E-state index contributed by atoms with van der Waals surface area (Å²) in [6, 6.07) is -0.158. The predicted molar refractivity (Wildman–Crippen MR) is 127 cm³/mol. The lowest BCUT2D eigenvalue weighted by molar-refractivity contribution is -0.113. The van der Waals surface area contributed by atoms with Crippen LogP contribution in [0.5, 0.6) is 0 Å². The van der Waals surface area contributed by atoms with Crippen molar-refractivity contribution in [3.63, 3.8) is 0 Å². The second-order valence-electron chi connectivity index (χ2n) is 8.68. The lowest BCUT2D eigenvalue weighted by Gasteiger charge is -2.38. The molecule has 33 heavy (non-hydrogen) atoms. The molecule has 0 aromatic carbocycles. The molecular formula is C26H32N2O5-2. The van der Waals surface area contributed by atoms with Gasteiger partial charge in [0, 0.05) is 24.6 Å². The fraction of sp³-hybridized carbons (Fsp3) is 0.462. The largest absolute Gasteiger partial charge is 0.752 e. The molecule has 0 aliphatic heterocycles. The van der Waals surface area contributed by atoms with E-state index in [0.717, 1.165) is 49.5 Å². The smallest absolute Gasteiger partial charge is 0.123 e. The Morgan fingerprint density at radius 1 is 0.727 bits per heavy atom. The average Bonchev–Trinajstić information content (AvgIpc) is 2.89. The molecule has 0 radical (unpaired) electrons. The third kappa shape index (κ3) is 5.86. The SMILES string of the molecule is COC1=CC=C(C2=CCC(N([O-])OC3=CC=C(C4=CC=C(N([O-])OC)CC4)CC3)CC2)CC1. The Hall–Kier alpha value is -2.58. The van der Waals surface area contributed by atoms with Gasteiger partial charge in [-0.3, -0.25) is 4.84 Å². The first kappa shape index (κ1) is 23.6. The van der Waals surface area contributed by atoms with Crippen LogP contribution in [0.4, 0.5) is 0 Å². The fourth-order valence-corrected chi connectivity index (χ4v) is 4.67. The van der Waals surface area contributed by atoms with E-state index in [-0.39, 0.29) is 6.04 Å². The third-order valence-electron chi connectivity index (χ3n) is 6.73. The molecule has 0 N–H and O–H groups in total. The average molecular weight is 453 g/mol. The standard InChI is InChI=1S/C26H32N2O5/c1-31-25-15-7-21(8-16-25)20-5-13-24(14-6-20)28(30)33-26-17-9-22(10-18-26)19-3-11-23(12-4-19)27(29)32-2/h3,5,7,9,11,15,17,24H,4,6,8,10,12-14,16,18H2,1-2H3/q-2. The van der Waals surface area contributed by atoms with Crippen molar-refractivity contribution in [2.75, 3.05) is 14.2 Å². The fourth-order valence-electron chi connectivity index (χ4n) is 4.67. The van der Waals surface area contributed by atoms with Crippen molar-refractivity contribution in [2.45, 2.75) is 63.8 Å². The van der Waals surface area contributed by atoms with Crippen molar-refractivity contribution in [1.82, 2.24) is 10.5 Å². The number of hydrogen-bond donors (Lipinski definition) is 0. The Morgan fingerprint density at radius 3 is 1.88 bits per heavy atom. The number of methoxy groups -OCH3 is 1. The molecule has 0 saturated carbocycles. The molecule has 0 amide bonds. The van der Waals surface area contributed by atoms with E-state index in [1.807, 2.05) is 30.4 Å². The van der Waals surface area contributed by atoms with E-state index < -0.39 is 0 Å². The van der Waals surface area contributed by atoms with Crippen molar-refractivity contribution in [3.05, 3.63) is 92.5 Å². The summed E-state index contributed by atoms with van der Waals surface area (Å²) in [4.78, 5) is 10.4. The van der Waals surface area contributed by atoms with Crippen molar-refractivity contribution in [3.8, 4) is 0 Å². The molecule has 0 heterocycles. The maximum absolute atomic E-state index is 12.6. The summed E-state index contributed by atoms with van der Waals surface area (Å²) < 4.78 is 5.31. The normalized spacial score (nSPS) is 23.4. The number of nitrogens with zero attached hydrogens (tertiary/aromatic N) is 2. The number of rotatable bonds is 8. The van der Waals surface area contributed by atoms with Gasteiger partial charge in [0.05, 0.1) is 20.0 Å². The molecule has 0 fully saturated rings. The van der Waals surface area contributed by atoms with Gasteiger partial charge < -0.3 is 25.2 Å². The van der Waals surface area contributed by atoms with Gasteiger partial charge in [-0.2, -0.15) is 0 Å². The highest BCUT2D eigenvalue weighted by molar-refractivity contribution is 5.42. The first-order valence-corrected chi connectivity index (χ1v) is 11.7.